The average Bonchev–Trinajstić information content (AvgIpc) is 2.72. The number of ether oxygens (including phenoxy) is 1. The lowest BCUT2D eigenvalue weighted by atomic mass is 9.93. The van der Waals surface area contributed by atoms with E-state index in [1.807, 2.05) is 10.9 Å². The van der Waals surface area contributed by atoms with Gasteiger partial charge in [0.25, 0.3) is 0 Å². The summed E-state index contributed by atoms with van der Waals surface area (Å²) in [5.41, 5.74) is 1.27. The van der Waals surface area contributed by atoms with Crippen molar-refractivity contribution in [1.29, 1.82) is 0 Å². The fourth-order valence-electron chi connectivity index (χ4n) is 1.70. The first-order valence-corrected chi connectivity index (χ1v) is 7.25. The molecule has 110 valence electrons. The predicted molar refractivity (Wildman–Crippen MR) is 78.1 cm³/mol. The van der Waals surface area contributed by atoms with Gasteiger partial charge in [-0.25, -0.2) is 0 Å². The summed E-state index contributed by atoms with van der Waals surface area (Å²) in [6.45, 7) is 14.8. The van der Waals surface area contributed by atoms with E-state index in [-0.39, 0.29) is 5.60 Å². The number of rotatable bonds is 7. The first-order valence-electron chi connectivity index (χ1n) is 7.25. The van der Waals surface area contributed by atoms with Gasteiger partial charge in [-0.1, -0.05) is 32.9 Å². The van der Waals surface area contributed by atoms with Gasteiger partial charge in [-0.3, -0.25) is 4.68 Å². The summed E-state index contributed by atoms with van der Waals surface area (Å²) in [7, 11) is 0. The Bertz CT molecular complexity index is 377. The molecule has 1 aromatic heterocycles. The van der Waals surface area contributed by atoms with Gasteiger partial charge in [0.2, 0.25) is 0 Å². The molecule has 19 heavy (non-hydrogen) atoms. The molecule has 4 heteroatoms. The molecule has 0 bridgehead atoms. The molecular weight excluding hydrogens is 238 g/mol. The van der Waals surface area contributed by atoms with E-state index in [0.29, 0.717) is 5.41 Å². The van der Waals surface area contributed by atoms with Crippen LogP contribution in [0.4, 0.5) is 0 Å². The normalized spacial score (nSPS) is 12.9. The summed E-state index contributed by atoms with van der Waals surface area (Å²) in [6.07, 6.45) is 4.99. The highest BCUT2D eigenvalue weighted by Crippen LogP contribution is 2.22. The van der Waals surface area contributed by atoms with Crippen molar-refractivity contribution in [1.82, 2.24) is 15.0 Å². The fraction of sp³-hybridized carbons (Fsp3) is 0.867. The van der Waals surface area contributed by atoms with E-state index in [4.69, 9.17) is 4.74 Å². The fourth-order valence-corrected chi connectivity index (χ4v) is 1.70. The van der Waals surface area contributed by atoms with Crippen molar-refractivity contribution in [2.75, 3.05) is 6.61 Å². The number of nitrogens with zero attached hydrogens (tertiary/aromatic N) is 3. The van der Waals surface area contributed by atoms with Crippen molar-refractivity contribution in [3.05, 3.63) is 11.9 Å². The molecule has 0 amide bonds. The van der Waals surface area contributed by atoms with Crippen LogP contribution >= 0.6 is 0 Å². The summed E-state index contributed by atoms with van der Waals surface area (Å²) in [5.74, 6) is 0. The van der Waals surface area contributed by atoms with Gasteiger partial charge in [-0.2, -0.15) is 0 Å². The second-order valence-corrected chi connectivity index (χ2v) is 7.00. The lowest BCUT2D eigenvalue weighted by Gasteiger charge is -2.27. The van der Waals surface area contributed by atoms with E-state index in [2.05, 4.69) is 51.9 Å². The highest BCUT2D eigenvalue weighted by molar-refractivity contribution is 4.90. The molecule has 0 unspecified atom stereocenters. The average molecular weight is 267 g/mol. The minimum absolute atomic E-state index is 0.108. The molecule has 0 atom stereocenters. The van der Waals surface area contributed by atoms with Crippen LogP contribution in [0.5, 0.6) is 0 Å². The number of hydrogen-bond acceptors (Lipinski definition) is 3. The van der Waals surface area contributed by atoms with Crippen LogP contribution in [0.15, 0.2) is 6.20 Å². The summed E-state index contributed by atoms with van der Waals surface area (Å²) < 4.78 is 7.91. The topological polar surface area (TPSA) is 39.9 Å². The van der Waals surface area contributed by atoms with Crippen molar-refractivity contribution in [3.8, 4) is 0 Å². The Morgan fingerprint density at radius 3 is 2.37 bits per heavy atom. The van der Waals surface area contributed by atoms with Gasteiger partial charge >= 0.3 is 0 Å². The molecule has 0 radical (unpaired) electrons. The quantitative estimate of drug-likeness (QED) is 0.759. The summed E-state index contributed by atoms with van der Waals surface area (Å²) >= 11 is 0. The Balaban J connectivity index is 2.33. The van der Waals surface area contributed by atoms with Gasteiger partial charge < -0.3 is 4.74 Å². The molecule has 0 saturated heterocycles. The maximum Gasteiger partial charge on any atom is 0.0824 e. The molecule has 0 aromatic carbocycles. The third-order valence-corrected chi connectivity index (χ3v) is 3.24. The Hall–Kier alpha value is -0.900. The molecule has 0 aliphatic carbocycles. The second-order valence-electron chi connectivity index (χ2n) is 7.00. The number of aryl methyl sites for hydroxylation is 2. The predicted octanol–water partition coefficient (Wildman–Crippen LogP) is 3.46. The Labute approximate surface area is 117 Å². The Morgan fingerprint density at radius 1 is 1.16 bits per heavy atom. The van der Waals surface area contributed by atoms with Crippen molar-refractivity contribution in [2.45, 2.75) is 73.0 Å². The van der Waals surface area contributed by atoms with Gasteiger partial charge in [0, 0.05) is 19.3 Å². The minimum atomic E-state index is -0.108. The molecule has 0 fully saturated rings. The third-order valence-electron chi connectivity index (χ3n) is 3.24. The van der Waals surface area contributed by atoms with Crippen molar-refractivity contribution in [2.24, 2.45) is 5.41 Å². The van der Waals surface area contributed by atoms with E-state index in [1.165, 1.54) is 0 Å². The molecule has 1 aromatic rings. The first-order chi connectivity index (χ1) is 8.72. The molecule has 4 nitrogen and oxygen atoms in total. The number of aromatic nitrogens is 3. The summed E-state index contributed by atoms with van der Waals surface area (Å²) in [6, 6.07) is 0. The van der Waals surface area contributed by atoms with Crippen LogP contribution in [-0.2, 0) is 17.7 Å². The maximum absolute atomic E-state index is 6.00. The monoisotopic (exact) mass is 267 g/mol. The van der Waals surface area contributed by atoms with Crippen LogP contribution in [0, 0.1) is 5.41 Å². The highest BCUT2D eigenvalue weighted by Gasteiger charge is 2.20. The van der Waals surface area contributed by atoms with Crippen LogP contribution < -0.4 is 0 Å². The second kappa shape index (κ2) is 6.51. The Kier molecular flexibility index (Phi) is 5.53. The lowest BCUT2D eigenvalue weighted by Crippen LogP contribution is -2.28. The molecule has 0 N–H and O–H groups in total. The molecule has 0 aliphatic rings. The van der Waals surface area contributed by atoms with Gasteiger partial charge in [-0.15, -0.1) is 5.10 Å². The summed E-state index contributed by atoms with van der Waals surface area (Å²) in [5, 5.41) is 8.22. The third kappa shape index (κ3) is 6.71. The number of hydrogen-bond donors (Lipinski definition) is 0. The Morgan fingerprint density at radius 2 is 1.84 bits per heavy atom. The zero-order chi connectivity index (χ0) is 14.5. The molecule has 1 heterocycles. The standard InChI is InChI=1S/C15H29N3O/c1-7-13-12-18(17-16-13)10-8-15(5,6)19-11-9-14(2,3)4/h12H,7-11H2,1-6H3. The molecule has 1 rings (SSSR count). The first kappa shape index (κ1) is 16.2. The van der Waals surface area contributed by atoms with Crippen LogP contribution in [0.25, 0.3) is 0 Å². The maximum atomic E-state index is 6.00. The van der Waals surface area contributed by atoms with E-state index in [9.17, 15) is 0 Å². The van der Waals surface area contributed by atoms with Gasteiger partial charge in [0.05, 0.1) is 11.3 Å². The van der Waals surface area contributed by atoms with Crippen LogP contribution in [0.1, 0.15) is 60.1 Å². The lowest BCUT2D eigenvalue weighted by molar-refractivity contribution is -0.0360. The van der Waals surface area contributed by atoms with Gasteiger partial charge in [0.1, 0.15) is 0 Å². The highest BCUT2D eigenvalue weighted by atomic mass is 16.5. The molecule has 0 spiro atoms. The zero-order valence-electron chi connectivity index (χ0n) is 13.4. The molecule has 0 aliphatic heterocycles. The van der Waals surface area contributed by atoms with Gasteiger partial charge in [-0.05, 0) is 38.5 Å². The molecule has 0 saturated carbocycles. The van der Waals surface area contributed by atoms with Crippen molar-refractivity contribution < 1.29 is 4.74 Å². The minimum Gasteiger partial charge on any atom is -0.375 e. The smallest absolute Gasteiger partial charge is 0.0824 e. The summed E-state index contributed by atoms with van der Waals surface area (Å²) in [4.78, 5) is 0. The SMILES string of the molecule is CCc1cn(CCC(C)(C)OCCC(C)(C)C)nn1. The van der Waals surface area contributed by atoms with Crippen LogP contribution in [0.3, 0.4) is 0 Å². The van der Waals surface area contributed by atoms with Gasteiger partial charge in [0.15, 0.2) is 0 Å². The largest absolute Gasteiger partial charge is 0.375 e. The molecular formula is C15H29N3O. The van der Waals surface area contributed by atoms with E-state index < -0.39 is 0 Å². The van der Waals surface area contributed by atoms with Crippen molar-refractivity contribution in [3.63, 3.8) is 0 Å². The van der Waals surface area contributed by atoms with E-state index >= 15 is 0 Å². The van der Waals surface area contributed by atoms with Crippen LogP contribution in [-0.4, -0.2) is 27.2 Å². The van der Waals surface area contributed by atoms with E-state index in [1.54, 1.807) is 0 Å². The van der Waals surface area contributed by atoms with Crippen LogP contribution in [0.2, 0.25) is 0 Å². The zero-order valence-corrected chi connectivity index (χ0v) is 13.4. The van der Waals surface area contributed by atoms with E-state index in [0.717, 1.165) is 38.1 Å². The van der Waals surface area contributed by atoms with Crippen molar-refractivity contribution >= 4 is 0 Å².